The molecule has 7 heteroatoms. The van der Waals surface area contributed by atoms with Crippen molar-refractivity contribution in [3.63, 3.8) is 0 Å². The van der Waals surface area contributed by atoms with Gasteiger partial charge in [0.1, 0.15) is 5.75 Å². The van der Waals surface area contributed by atoms with E-state index in [9.17, 15) is 9.35 Å². The molecule has 1 aromatic rings. The highest BCUT2D eigenvalue weighted by Gasteiger charge is 2.51. The number of hydrogen-bond acceptors (Lipinski definition) is 4. The molecule has 0 spiro atoms. The maximum absolute atomic E-state index is 12.9. The predicted molar refractivity (Wildman–Crippen MR) is 113 cm³/mol. The maximum Gasteiger partial charge on any atom is 0.494 e. The van der Waals surface area contributed by atoms with Crippen molar-refractivity contribution in [2.45, 2.75) is 70.5 Å². The number of amides is 1. The number of likely N-dealkylation sites (tertiary alicyclic amines) is 1. The first-order valence-corrected chi connectivity index (χ1v) is 11.3. The standard InChI is InChI=1S/C21H32BNO4S/c1-16(24)23-13-11-21(6,12-14-23)15-28(25)18-9-7-17(8-10-18)22-26-19(2,3)20(4,5)27-22/h7-10H,11-15H2,1-6H3. The first kappa shape index (κ1) is 21.7. The van der Waals surface area contributed by atoms with Crippen LogP contribution in [0.2, 0.25) is 0 Å². The molecule has 0 saturated carbocycles. The van der Waals surface area contributed by atoms with Gasteiger partial charge in [-0.15, -0.1) is 0 Å². The summed E-state index contributed by atoms with van der Waals surface area (Å²) in [5, 5.41) is 0. The Bertz CT molecular complexity index is 698. The fraction of sp³-hybridized carbons (Fsp3) is 0.667. The SMILES string of the molecule is CC(=O)N1CCC(C)(C[S+]([O-])c2ccc(B3OC(C)(C)C(C)(C)O3)cc2)CC1. The quantitative estimate of drug-likeness (QED) is 0.571. The summed E-state index contributed by atoms with van der Waals surface area (Å²) in [4.78, 5) is 14.2. The van der Waals surface area contributed by atoms with Gasteiger partial charge < -0.3 is 18.8 Å². The molecule has 2 aliphatic heterocycles. The Balaban J connectivity index is 1.62. The Morgan fingerprint density at radius 1 is 1.07 bits per heavy atom. The van der Waals surface area contributed by atoms with Gasteiger partial charge in [-0.2, -0.15) is 0 Å². The number of nitrogens with zero attached hydrogens (tertiary/aromatic N) is 1. The van der Waals surface area contributed by atoms with Gasteiger partial charge in [0, 0.05) is 25.4 Å². The first-order valence-electron chi connectivity index (χ1n) is 10.0. The predicted octanol–water partition coefficient (Wildman–Crippen LogP) is 2.74. The molecule has 2 heterocycles. The zero-order chi connectivity index (χ0) is 20.7. The van der Waals surface area contributed by atoms with Crippen LogP contribution in [0.25, 0.3) is 0 Å². The molecule has 1 amide bonds. The zero-order valence-corrected chi connectivity index (χ0v) is 18.7. The van der Waals surface area contributed by atoms with E-state index in [2.05, 4.69) is 6.92 Å². The van der Waals surface area contributed by atoms with Crippen LogP contribution in [0.15, 0.2) is 29.2 Å². The van der Waals surface area contributed by atoms with Gasteiger partial charge >= 0.3 is 7.12 Å². The van der Waals surface area contributed by atoms with Crippen LogP contribution in [0.4, 0.5) is 0 Å². The molecule has 1 aromatic carbocycles. The van der Waals surface area contributed by atoms with Crippen molar-refractivity contribution in [3.05, 3.63) is 24.3 Å². The molecule has 5 nitrogen and oxygen atoms in total. The number of carbonyl (C=O) groups is 1. The van der Waals surface area contributed by atoms with Crippen LogP contribution in [0.5, 0.6) is 0 Å². The van der Waals surface area contributed by atoms with E-state index in [0.29, 0.717) is 5.75 Å². The second-order valence-electron chi connectivity index (χ2n) is 9.46. The summed E-state index contributed by atoms with van der Waals surface area (Å²) in [6.45, 7) is 13.4. The van der Waals surface area contributed by atoms with Crippen molar-refractivity contribution in [2.24, 2.45) is 5.41 Å². The van der Waals surface area contributed by atoms with Gasteiger partial charge in [-0.1, -0.05) is 19.1 Å². The highest BCUT2D eigenvalue weighted by molar-refractivity contribution is 7.91. The third-order valence-electron chi connectivity index (χ3n) is 6.56. The Morgan fingerprint density at radius 3 is 2.04 bits per heavy atom. The second-order valence-corrected chi connectivity index (χ2v) is 10.9. The van der Waals surface area contributed by atoms with E-state index in [4.69, 9.17) is 9.31 Å². The third-order valence-corrected chi connectivity index (χ3v) is 8.32. The van der Waals surface area contributed by atoms with Gasteiger partial charge in [0.2, 0.25) is 5.91 Å². The molecule has 2 saturated heterocycles. The molecule has 2 aliphatic rings. The number of carbonyl (C=O) groups excluding carboxylic acids is 1. The van der Waals surface area contributed by atoms with Gasteiger partial charge in [-0.05, 0) is 69.3 Å². The lowest BCUT2D eigenvalue weighted by atomic mass is 9.79. The van der Waals surface area contributed by atoms with Crippen LogP contribution in [0.3, 0.4) is 0 Å². The Morgan fingerprint density at radius 2 is 1.57 bits per heavy atom. The highest BCUT2D eigenvalue weighted by atomic mass is 32.2. The minimum Gasteiger partial charge on any atom is -0.611 e. The first-order chi connectivity index (χ1) is 12.9. The van der Waals surface area contributed by atoms with Crippen molar-refractivity contribution in [1.82, 2.24) is 4.90 Å². The normalized spacial score (nSPS) is 24.2. The van der Waals surface area contributed by atoms with Gasteiger partial charge in [0.25, 0.3) is 0 Å². The minimum absolute atomic E-state index is 0.00120. The molecule has 2 fully saturated rings. The van der Waals surface area contributed by atoms with Gasteiger partial charge in [-0.3, -0.25) is 4.79 Å². The molecule has 28 heavy (non-hydrogen) atoms. The topological polar surface area (TPSA) is 61.8 Å². The van der Waals surface area contributed by atoms with Crippen LogP contribution >= 0.6 is 0 Å². The van der Waals surface area contributed by atoms with Crippen LogP contribution < -0.4 is 5.46 Å². The average molecular weight is 405 g/mol. The molecule has 1 atom stereocenters. The minimum atomic E-state index is -1.07. The van der Waals surface area contributed by atoms with E-state index in [1.807, 2.05) is 56.9 Å². The summed E-state index contributed by atoms with van der Waals surface area (Å²) in [6, 6.07) is 7.75. The van der Waals surface area contributed by atoms with Crippen molar-refractivity contribution >= 4 is 29.7 Å². The largest absolute Gasteiger partial charge is 0.611 e. The molecule has 0 N–H and O–H groups in total. The number of hydrogen-bond donors (Lipinski definition) is 0. The number of piperidine rings is 1. The van der Waals surface area contributed by atoms with Gasteiger partial charge in [0.15, 0.2) is 4.90 Å². The third kappa shape index (κ3) is 4.43. The fourth-order valence-corrected chi connectivity index (χ4v) is 5.19. The highest BCUT2D eigenvalue weighted by Crippen LogP contribution is 2.37. The van der Waals surface area contributed by atoms with Crippen LogP contribution in [-0.4, -0.2) is 52.5 Å². The van der Waals surface area contributed by atoms with E-state index in [1.54, 1.807) is 6.92 Å². The summed E-state index contributed by atoms with van der Waals surface area (Å²) in [6.07, 6.45) is 1.79. The summed E-state index contributed by atoms with van der Waals surface area (Å²) < 4.78 is 25.1. The Kier molecular flexibility index (Phi) is 5.94. The van der Waals surface area contributed by atoms with Crippen LogP contribution in [0, 0.1) is 5.41 Å². The lowest BCUT2D eigenvalue weighted by molar-refractivity contribution is -0.130. The van der Waals surface area contributed by atoms with E-state index in [-0.39, 0.29) is 22.5 Å². The maximum atomic E-state index is 12.9. The molecule has 3 rings (SSSR count). The van der Waals surface area contributed by atoms with E-state index >= 15 is 0 Å². The van der Waals surface area contributed by atoms with E-state index in [1.165, 1.54) is 0 Å². The molecular formula is C21H32BNO4S. The van der Waals surface area contributed by atoms with E-state index < -0.39 is 18.3 Å². The molecule has 0 bridgehead atoms. The number of rotatable bonds is 4. The average Bonchev–Trinajstić information content (AvgIpc) is 2.83. The summed E-state index contributed by atoms with van der Waals surface area (Å²) in [5.41, 5.74) is 0.201. The Labute approximate surface area is 172 Å². The van der Waals surface area contributed by atoms with E-state index in [0.717, 1.165) is 36.3 Å². The van der Waals surface area contributed by atoms with Crippen molar-refractivity contribution in [3.8, 4) is 0 Å². The van der Waals surface area contributed by atoms with Crippen molar-refractivity contribution in [1.29, 1.82) is 0 Å². The van der Waals surface area contributed by atoms with Crippen LogP contribution in [0.1, 0.15) is 54.4 Å². The lowest BCUT2D eigenvalue weighted by Crippen LogP contribution is -2.43. The molecule has 1 unspecified atom stereocenters. The fourth-order valence-electron chi connectivity index (χ4n) is 3.66. The molecular weight excluding hydrogens is 373 g/mol. The summed E-state index contributed by atoms with van der Waals surface area (Å²) >= 11 is -1.07. The molecule has 154 valence electrons. The number of benzene rings is 1. The monoisotopic (exact) mass is 405 g/mol. The zero-order valence-electron chi connectivity index (χ0n) is 17.9. The second kappa shape index (κ2) is 7.67. The summed E-state index contributed by atoms with van der Waals surface area (Å²) in [7, 11) is -0.402. The van der Waals surface area contributed by atoms with Gasteiger partial charge in [-0.25, -0.2) is 0 Å². The van der Waals surface area contributed by atoms with Crippen molar-refractivity contribution in [2.75, 3.05) is 18.8 Å². The molecule has 0 radical (unpaired) electrons. The smallest absolute Gasteiger partial charge is 0.494 e. The van der Waals surface area contributed by atoms with Crippen molar-refractivity contribution < 1.29 is 18.7 Å². The Hall–Kier alpha value is -1.02. The molecule has 0 aliphatic carbocycles. The lowest BCUT2D eigenvalue weighted by Gasteiger charge is -2.38. The van der Waals surface area contributed by atoms with Gasteiger partial charge in [0.05, 0.1) is 11.2 Å². The summed E-state index contributed by atoms with van der Waals surface area (Å²) in [5.74, 6) is 0.746. The molecule has 0 aromatic heterocycles. The van der Waals surface area contributed by atoms with Crippen LogP contribution in [-0.2, 0) is 25.3 Å².